The average molecular weight is 263 g/mol. The highest BCUT2D eigenvalue weighted by atomic mass is 16.4. The van der Waals surface area contributed by atoms with E-state index in [2.05, 4.69) is 29.1 Å². The molecule has 1 fully saturated rings. The zero-order chi connectivity index (χ0) is 14.2. The van der Waals surface area contributed by atoms with Crippen LogP contribution in [-0.2, 0) is 0 Å². The molecule has 0 aliphatic heterocycles. The van der Waals surface area contributed by atoms with Crippen LogP contribution in [0.15, 0.2) is 6.20 Å². The lowest BCUT2D eigenvalue weighted by Gasteiger charge is -2.28. The summed E-state index contributed by atoms with van der Waals surface area (Å²) in [7, 11) is 0. The van der Waals surface area contributed by atoms with Crippen LogP contribution >= 0.6 is 0 Å². The van der Waals surface area contributed by atoms with Crippen LogP contribution in [0.5, 0.6) is 0 Å². The van der Waals surface area contributed by atoms with Crippen molar-refractivity contribution in [2.75, 3.05) is 5.32 Å². The number of anilines is 1. The summed E-state index contributed by atoms with van der Waals surface area (Å²) >= 11 is 0. The smallest absolute Gasteiger partial charge is 0.356 e. The first kappa shape index (κ1) is 13.8. The molecule has 0 bridgehead atoms. The Labute approximate surface area is 113 Å². The van der Waals surface area contributed by atoms with Gasteiger partial charge in [-0.1, -0.05) is 13.8 Å². The highest BCUT2D eigenvalue weighted by Crippen LogP contribution is 2.41. The number of hydrogen-bond acceptors (Lipinski definition) is 4. The van der Waals surface area contributed by atoms with E-state index in [9.17, 15) is 9.90 Å². The predicted octanol–water partition coefficient (Wildman–Crippen LogP) is 2.90. The van der Waals surface area contributed by atoms with Crippen molar-refractivity contribution >= 4 is 11.7 Å². The van der Waals surface area contributed by atoms with Crippen LogP contribution in [0.25, 0.3) is 0 Å². The zero-order valence-corrected chi connectivity index (χ0v) is 11.9. The lowest BCUT2D eigenvalue weighted by atomic mass is 9.98. The van der Waals surface area contributed by atoms with E-state index in [0.717, 1.165) is 0 Å². The summed E-state index contributed by atoms with van der Waals surface area (Å²) in [4.78, 5) is 19.7. The minimum absolute atomic E-state index is 0.0624. The number of carbonyl (C=O) groups is 1. The highest BCUT2D eigenvalue weighted by Gasteiger charge is 2.38. The second-order valence-corrected chi connectivity index (χ2v) is 6.07. The summed E-state index contributed by atoms with van der Waals surface area (Å²) in [5.74, 6) is 0.257. The van der Waals surface area contributed by atoms with Crippen molar-refractivity contribution in [2.24, 2.45) is 5.92 Å². The van der Waals surface area contributed by atoms with Gasteiger partial charge in [0.05, 0.1) is 11.9 Å². The van der Waals surface area contributed by atoms with E-state index in [1.807, 2.05) is 13.8 Å². The monoisotopic (exact) mass is 263 g/mol. The molecule has 1 heterocycles. The molecule has 19 heavy (non-hydrogen) atoms. The fourth-order valence-corrected chi connectivity index (χ4v) is 2.18. The van der Waals surface area contributed by atoms with Gasteiger partial charge in [0.1, 0.15) is 5.82 Å². The Kier molecular flexibility index (Phi) is 3.47. The summed E-state index contributed by atoms with van der Waals surface area (Å²) in [6, 6.07) is 0. The standard InChI is InChI=1S/C14H21N3O2/c1-8(2)12-15-7-10(11(16-12)13(18)19)17-14(3,4)9-5-6-9/h7-9,17H,5-6H2,1-4H3,(H,18,19). The lowest BCUT2D eigenvalue weighted by molar-refractivity contribution is 0.0691. The van der Waals surface area contributed by atoms with E-state index in [1.165, 1.54) is 12.8 Å². The van der Waals surface area contributed by atoms with Gasteiger partial charge in [-0.15, -0.1) is 0 Å². The van der Waals surface area contributed by atoms with Gasteiger partial charge in [0, 0.05) is 11.5 Å². The second kappa shape index (κ2) is 4.79. The molecule has 1 aromatic rings. The Morgan fingerprint density at radius 1 is 1.47 bits per heavy atom. The van der Waals surface area contributed by atoms with Crippen LogP contribution in [0.1, 0.15) is 62.8 Å². The van der Waals surface area contributed by atoms with Crippen molar-refractivity contribution in [3.63, 3.8) is 0 Å². The molecule has 5 nitrogen and oxygen atoms in total. The van der Waals surface area contributed by atoms with Gasteiger partial charge in [-0.25, -0.2) is 14.8 Å². The molecule has 104 valence electrons. The Balaban J connectivity index is 2.31. The van der Waals surface area contributed by atoms with E-state index in [4.69, 9.17) is 0 Å². The van der Waals surface area contributed by atoms with E-state index in [1.54, 1.807) is 6.20 Å². The molecular formula is C14H21N3O2. The van der Waals surface area contributed by atoms with Gasteiger partial charge in [-0.2, -0.15) is 0 Å². The summed E-state index contributed by atoms with van der Waals surface area (Å²) in [5.41, 5.74) is 0.452. The number of nitrogens with zero attached hydrogens (tertiary/aromatic N) is 2. The first-order valence-electron chi connectivity index (χ1n) is 6.69. The van der Waals surface area contributed by atoms with E-state index < -0.39 is 5.97 Å². The van der Waals surface area contributed by atoms with Crippen molar-refractivity contribution in [3.8, 4) is 0 Å². The largest absolute Gasteiger partial charge is 0.476 e. The molecule has 0 saturated heterocycles. The molecule has 0 atom stereocenters. The molecule has 1 saturated carbocycles. The van der Waals surface area contributed by atoms with Crippen LogP contribution in [-0.4, -0.2) is 26.6 Å². The molecule has 1 aliphatic carbocycles. The van der Waals surface area contributed by atoms with Crippen LogP contribution in [0.4, 0.5) is 5.69 Å². The third kappa shape index (κ3) is 3.03. The third-order valence-corrected chi connectivity index (χ3v) is 3.58. The summed E-state index contributed by atoms with van der Waals surface area (Å²) in [6.07, 6.45) is 3.97. The topological polar surface area (TPSA) is 75.1 Å². The quantitative estimate of drug-likeness (QED) is 0.854. The summed E-state index contributed by atoms with van der Waals surface area (Å²) in [6.45, 7) is 8.07. The first-order chi connectivity index (χ1) is 8.81. The number of rotatable bonds is 5. The molecule has 0 radical (unpaired) electrons. The fourth-order valence-electron chi connectivity index (χ4n) is 2.18. The molecule has 0 spiro atoms. The second-order valence-electron chi connectivity index (χ2n) is 6.07. The first-order valence-corrected chi connectivity index (χ1v) is 6.69. The molecule has 5 heteroatoms. The minimum atomic E-state index is -1.02. The molecule has 2 N–H and O–H groups in total. The lowest BCUT2D eigenvalue weighted by Crippen LogP contribution is -2.34. The molecule has 0 aromatic carbocycles. The number of carboxylic acids is 1. The van der Waals surface area contributed by atoms with E-state index >= 15 is 0 Å². The van der Waals surface area contributed by atoms with E-state index in [-0.39, 0.29) is 17.2 Å². The van der Waals surface area contributed by atoms with Crippen molar-refractivity contribution in [3.05, 3.63) is 17.7 Å². The Morgan fingerprint density at radius 2 is 2.11 bits per heavy atom. The third-order valence-electron chi connectivity index (χ3n) is 3.58. The van der Waals surface area contributed by atoms with Crippen LogP contribution in [0.3, 0.4) is 0 Å². The molecule has 2 rings (SSSR count). The number of hydrogen-bond donors (Lipinski definition) is 2. The number of nitrogens with one attached hydrogen (secondary N) is 1. The van der Waals surface area contributed by atoms with Crippen molar-refractivity contribution in [2.45, 2.75) is 52.0 Å². The molecule has 0 amide bonds. The maximum Gasteiger partial charge on any atom is 0.356 e. The summed E-state index contributed by atoms with van der Waals surface area (Å²) < 4.78 is 0. The van der Waals surface area contributed by atoms with Gasteiger partial charge in [-0.3, -0.25) is 0 Å². The number of carboxylic acid groups (broad SMARTS) is 1. The SMILES string of the molecule is CC(C)c1ncc(NC(C)(C)C2CC2)c(C(=O)O)n1. The predicted molar refractivity (Wildman–Crippen MR) is 73.5 cm³/mol. The van der Waals surface area contributed by atoms with Crippen molar-refractivity contribution < 1.29 is 9.90 Å². The fraction of sp³-hybridized carbons (Fsp3) is 0.643. The minimum Gasteiger partial charge on any atom is -0.476 e. The normalized spacial score (nSPS) is 15.6. The van der Waals surface area contributed by atoms with Crippen molar-refractivity contribution in [1.82, 2.24) is 9.97 Å². The highest BCUT2D eigenvalue weighted by molar-refractivity contribution is 5.91. The summed E-state index contributed by atoms with van der Waals surface area (Å²) in [5, 5.41) is 12.6. The van der Waals surface area contributed by atoms with Gasteiger partial charge >= 0.3 is 5.97 Å². The maximum atomic E-state index is 11.3. The Bertz CT molecular complexity index is 493. The molecule has 1 aliphatic rings. The van der Waals surface area contributed by atoms with Crippen LogP contribution in [0, 0.1) is 5.92 Å². The molecule has 1 aromatic heterocycles. The van der Waals surface area contributed by atoms with Crippen LogP contribution in [0.2, 0.25) is 0 Å². The van der Waals surface area contributed by atoms with Gasteiger partial charge in [0.2, 0.25) is 0 Å². The average Bonchev–Trinajstić information content (AvgIpc) is 3.12. The van der Waals surface area contributed by atoms with Gasteiger partial charge in [-0.05, 0) is 32.6 Å². The maximum absolute atomic E-state index is 11.3. The zero-order valence-electron chi connectivity index (χ0n) is 11.9. The van der Waals surface area contributed by atoms with Crippen LogP contribution < -0.4 is 5.32 Å². The van der Waals surface area contributed by atoms with Crippen molar-refractivity contribution in [1.29, 1.82) is 0 Å². The van der Waals surface area contributed by atoms with Gasteiger partial charge in [0.15, 0.2) is 5.69 Å². The Hall–Kier alpha value is -1.65. The molecule has 0 unspecified atom stereocenters. The number of aromatic nitrogens is 2. The Morgan fingerprint density at radius 3 is 2.58 bits per heavy atom. The number of aromatic carboxylic acids is 1. The van der Waals surface area contributed by atoms with Gasteiger partial charge < -0.3 is 10.4 Å². The van der Waals surface area contributed by atoms with Gasteiger partial charge in [0.25, 0.3) is 0 Å². The van der Waals surface area contributed by atoms with E-state index in [0.29, 0.717) is 17.4 Å². The molecular weight excluding hydrogens is 242 g/mol.